The minimum atomic E-state index is 0.379. The normalized spacial score (nSPS) is 10.0. The molecule has 0 aromatic carbocycles. The lowest BCUT2D eigenvalue weighted by atomic mass is 10.4. The summed E-state index contributed by atoms with van der Waals surface area (Å²) in [6, 6.07) is 0. The van der Waals surface area contributed by atoms with Gasteiger partial charge in [-0.25, -0.2) is 4.98 Å². The number of ether oxygens (including phenoxy) is 2. The molecule has 1 heterocycles. The van der Waals surface area contributed by atoms with Crippen molar-refractivity contribution in [2.75, 3.05) is 37.9 Å². The van der Waals surface area contributed by atoms with E-state index in [9.17, 15) is 0 Å². The van der Waals surface area contributed by atoms with Gasteiger partial charge < -0.3 is 20.5 Å². The van der Waals surface area contributed by atoms with Gasteiger partial charge in [-0.1, -0.05) is 0 Å². The van der Waals surface area contributed by atoms with E-state index in [1.807, 2.05) is 6.92 Å². The molecule has 0 aliphatic heterocycles. The predicted octanol–water partition coefficient (Wildman–Crippen LogP) is 0.516. The molecule has 0 radical (unpaired) electrons. The number of nitrogen functional groups attached to an aromatic ring is 1. The van der Waals surface area contributed by atoms with Crippen LogP contribution in [-0.4, -0.2) is 36.8 Å². The van der Waals surface area contributed by atoms with Crippen LogP contribution >= 0.6 is 0 Å². The fraction of sp³-hybridized carbons (Fsp3) is 0.556. The largest absolute Gasteiger partial charge is 0.479 e. The molecule has 0 saturated carbocycles. The van der Waals surface area contributed by atoms with E-state index >= 15 is 0 Å². The molecule has 3 N–H and O–H groups in total. The Kier molecular flexibility index (Phi) is 4.62. The summed E-state index contributed by atoms with van der Waals surface area (Å²) in [7, 11) is 1.52. The van der Waals surface area contributed by atoms with Crippen LogP contribution in [0.4, 0.5) is 11.5 Å². The van der Waals surface area contributed by atoms with Crippen molar-refractivity contribution in [2.45, 2.75) is 6.92 Å². The molecule has 0 saturated heterocycles. The van der Waals surface area contributed by atoms with Gasteiger partial charge in [0.1, 0.15) is 12.0 Å². The number of hydrogen-bond donors (Lipinski definition) is 2. The molecule has 0 aliphatic rings. The van der Waals surface area contributed by atoms with Crippen molar-refractivity contribution >= 4 is 11.5 Å². The topological polar surface area (TPSA) is 82.3 Å². The van der Waals surface area contributed by atoms with E-state index in [-0.39, 0.29) is 0 Å². The Morgan fingerprint density at radius 2 is 2.27 bits per heavy atom. The second-order valence-corrected chi connectivity index (χ2v) is 2.77. The maximum absolute atomic E-state index is 5.76. The van der Waals surface area contributed by atoms with Crippen molar-refractivity contribution in [3.8, 4) is 5.88 Å². The zero-order chi connectivity index (χ0) is 11.1. The van der Waals surface area contributed by atoms with Crippen molar-refractivity contribution in [1.29, 1.82) is 0 Å². The summed E-state index contributed by atoms with van der Waals surface area (Å²) in [5, 5.41) is 3.04. The van der Waals surface area contributed by atoms with Crippen LogP contribution in [-0.2, 0) is 4.74 Å². The fourth-order valence-corrected chi connectivity index (χ4v) is 1.07. The van der Waals surface area contributed by atoms with E-state index in [4.69, 9.17) is 15.2 Å². The zero-order valence-corrected chi connectivity index (χ0v) is 8.99. The van der Waals surface area contributed by atoms with Crippen molar-refractivity contribution in [2.24, 2.45) is 0 Å². The van der Waals surface area contributed by atoms with Gasteiger partial charge in [0.2, 0.25) is 5.88 Å². The van der Waals surface area contributed by atoms with Gasteiger partial charge in [0, 0.05) is 13.2 Å². The molecule has 1 rings (SSSR count). The van der Waals surface area contributed by atoms with Gasteiger partial charge in [0.05, 0.1) is 13.7 Å². The molecule has 0 spiro atoms. The molecule has 6 heteroatoms. The van der Waals surface area contributed by atoms with Gasteiger partial charge in [-0.2, -0.15) is 4.98 Å². The van der Waals surface area contributed by atoms with Crippen molar-refractivity contribution in [3.63, 3.8) is 0 Å². The van der Waals surface area contributed by atoms with E-state index in [0.717, 1.165) is 0 Å². The van der Waals surface area contributed by atoms with Crippen molar-refractivity contribution in [1.82, 2.24) is 9.97 Å². The number of nitrogens with zero attached hydrogens (tertiary/aromatic N) is 2. The lowest BCUT2D eigenvalue weighted by molar-refractivity contribution is 0.158. The summed E-state index contributed by atoms with van der Waals surface area (Å²) >= 11 is 0. The van der Waals surface area contributed by atoms with Gasteiger partial charge >= 0.3 is 0 Å². The van der Waals surface area contributed by atoms with Crippen LogP contribution in [0, 0.1) is 0 Å². The van der Waals surface area contributed by atoms with Crippen LogP contribution in [0.5, 0.6) is 5.88 Å². The first-order chi connectivity index (χ1) is 7.29. The minimum absolute atomic E-state index is 0.379. The highest BCUT2D eigenvalue weighted by Crippen LogP contribution is 2.23. The van der Waals surface area contributed by atoms with E-state index < -0.39 is 0 Å². The number of methoxy groups -OCH3 is 1. The zero-order valence-electron chi connectivity index (χ0n) is 8.99. The number of rotatable bonds is 6. The summed E-state index contributed by atoms with van der Waals surface area (Å²) in [6.45, 7) is 3.91. The second-order valence-electron chi connectivity index (χ2n) is 2.77. The SMILES string of the molecule is CCOCCNc1ncnc(OC)c1N. The smallest absolute Gasteiger partial charge is 0.242 e. The van der Waals surface area contributed by atoms with Crippen LogP contribution in [0.15, 0.2) is 6.33 Å². The first-order valence-electron chi connectivity index (χ1n) is 4.75. The number of nitrogens with two attached hydrogens (primary N) is 1. The highest BCUT2D eigenvalue weighted by molar-refractivity contribution is 5.66. The molecule has 1 aromatic rings. The monoisotopic (exact) mass is 212 g/mol. The van der Waals surface area contributed by atoms with Gasteiger partial charge in [0.15, 0.2) is 5.82 Å². The highest BCUT2D eigenvalue weighted by Gasteiger charge is 2.06. The summed E-state index contributed by atoms with van der Waals surface area (Å²) in [4.78, 5) is 7.87. The highest BCUT2D eigenvalue weighted by atomic mass is 16.5. The standard InChI is InChI=1S/C9H16N4O2/c1-3-15-5-4-11-8-7(10)9(14-2)13-6-12-8/h6H,3-5,10H2,1-2H3,(H,11,12,13). The average molecular weight is 212 g/mol. The van der Waals surface area contributed by atoms with Gasteiger partial charge in [-0.3, -0.25) is 0 Å². The van der Waals surface area contributed by atoms with Crippen LogP contribution < -0.4 is 15.8 Å². The van der Waals surface area contributed by atoms with Crippen LogP contribution in [0.2, 0.25) is 0 Å². The molecule has 84 valence electrons. The van der Waals surface area contributed by atoms with Crippen LogP contribution in [0.1, 0.15) is 6.92 Å². The van der Waals surface area contributed by atoms with E-state index in [0.29, 0.717) is 37.1 Å². The molecule has 1 aromatic heterocycles. The Bertz CT molecular complexity index is 306. The lowest BCUT2D eigenvalue weighted by Crippen LogP contribution is -2.12. The molecule has 0 bridgehead atoms. The van der Waals surface area contributed by atoms with Crippen molar-refractivity contribution in [3.05, 3.63) is 6.33 Å². The van der Waals surface area contributed by atoms with Gasteiger partial charge in [-0.05, 0) is 6.92 Å². The number of aromatic nitrogens is 2. The molecule has 6 nitrogen and oxygen atoms in total. The predicted molar refractivity (Wildman–Crippen MR) is 58.0 cm³/mol. The quantitative estimate of drug-likeness (QED) is 0.669. The maximum Gasteiger partial charge on any atom is 0.242 e. The maximum atomic E-state index is 5.76. The number of anilines is 2. The minimum Gasteiger partial charge on any atom is -0.479 e. The van der Waals surface area contributed by atoms with Crippen molar-refractivity contribution < 1.29 is 9.47 Å². The second kappa shape index (κ2) is 6.02. The Balaban J connectivity index is 2.53. The molecule has 0 fully saturated rings. The Morgan fingerprint density at radius 1 is 1.47 bits per heavy atom. The van der Waals surface area contributed by atoms with E-state index in [1.165, 1.54) is 13.4 Å². The molecule has 0 unspecified atom stereocenters. The van der Waals surface area contributed by atoms with Gasteiger partial charge in [-0.15, -0.1) is 0 Å². The average Bonchev–Trinajstić information content (AvgIpc) is 2.26. The Hall–Kier alpha value is -1.56. The Labute approximate surface area is 88.8 Å². The fourth-order valence-electron chi connectivity index (χ4n) is 1.07. The lowest BCUT2D eigenvalue weighted by Gasteiger charge is -2.09. The molecule has 0 amide bonds. The summed E-state index contributed by atoms with van der Waals surface area (Å²) in [6.07, 6.45) is 1.40. The van der Waals surface area contributed by atoms with E-state index in [2.05, 4.69) is 15.3 Å². The number of nitrogens with one attached hydrogen (secondary N) is 1. The van der Waals surface area contributed by atoms with Crippen LogP contribution in [0.3, 0.4) is 0 Å². The third-order valence-electron chi connectivity index (χ3n) is 1.78. The summed E-state index contributed by atoms with van der Waals surface area (Å²) < 4.78 is 10.1. The van der Waals surface area contributed by atoms with Gasteiger partial charge in [0.25, 0.3) is 0 Å². The Morgan fingerprint density at radius 3 is 2.93 bits per heavy atom. The summed E-state index contributed by atoms with van der Waals surface area (Å²) in [5.74, 6) is 0.950. The molecule has 0 atom stereocenters. The van der Waals surface area contributed by atoms with E-state index in [1.54, 1.807) is 0 Å². The number of hydrogen-bond acceptors (Lipinski definition) is 6. The third kappa shape index (κ3) is 3.25. The molecule has 0 aliphatic carbocycles. The first kappa shape index (κ1) is 11.5. The van der Waals surface area contributed by atoms with Crippen LogP contribution in [0.25, 0.3) is 0 Å². The molecule has 15 heavy (non-hydrogen) atoms. The molecular weight excluding hydrogens is 196 g/mol. The first-order valence-corrected chi connectivity index (χ1v) is 4.75. The molecular formula is C9H16N4O2. The summed E-state index contributed by atoms with van der Waals surface area (Å²) in [5.41, 5.74) is 6.17. The third-order valence-corrected chi connectivity index (χ3v) is 1.78.